The van der Waals surface area contributed by atoms with E-state index in [4.69, 9.17) is 11.6 Å². The van der Waals surface area contributed by atoms with Gasteiger partial charge >= 0.3 is 0 Å². The van der Waals surface area contributed by atoms with Crippen LogP contribution in [-0.4, -0.2) is 35.3 Å². The molecule has 2 aliphatic heterocycles. The Bertz CT molecular complexity index is 722. The number of nitrogens with one attached hydrogen (secondary N) is 1. The van der Waals surface area contributed by atoms with E-state index in [-0.39, 0.29) is 5.91 Å². The van der Waals surface area contributed by atoms with Crippen molar-refractivity contribution in [1.29, 1.82) is 0 Å². The highest BCUT2D eigenvalue weighted by molar-refractivity contribution is 6.32. The van der Waals surface area contributed by atoms with Gasteiger partial charge < -0.3 is 10.2 Å². The van der Waals surface area contributed by atoms with Gasteiger partial charge in [0.25, 0.3) is 5.91 Å². The van der Waals surface area contributed by atoms with E-state index in [2.05, 4.69) is 10.4 Å². The summed E-state index contributed by atoms with van der Waals surface area (Å²) in [6, 6.07) is 7.67. The van der Waals surface area contributed by atoms with Crippen LogP contribution in [0.5, 0.6) is 0 Å². The van der Waals surface area contributed by atoms with Gasteiger partial charge in [-0.05, 0) is 56.1 Å². The van der Waals surface area contributed by atoms with Crippen molar-refractivity contribution in [3.8, 4) is 0 Å². The van der Waals surface area contributed by atoms with Crippen molar-refractivity contribution in [3.63, 3.8) is 0 Å². The second kappa shape index (κ2) is 5.65. The number of carbonyl (C=O) groups is 1. The van der Waals surface area contributed by atoms with Crippen LogP contribution in [0.2, 0.25) is 5.02 Å². The van der Waals surface area contributed by atoms with Crippen LogP contribution in [0.4, 0.5) is 5.69 Å². The predicted octanol–water partition coefficient (Wildman–Crippen LogP) is 2.20. The number of aromatic nitrogens is 2. The average Bonchev–Trinajstić information content (AvgIpc) is 3.25. The molecular weight excluding hydrogens is 312 g/mol. The Kier molecular flexibility index (Phi) is 3.62. The standard InChI is InChI=1S/C17H19ClN4O/c18-14-3-1-4-15-13(14)5-12-21(15)16(23)17(6-9-19-10-7-17)22-11-2-8-20-22/h1-4,8,11,19H,5-7,9-10,12H2. The Labute approximate surface area is 140 Å². The van der Waals surface area contributed by atoms with Gasteiger partial charge in [0.2, 0.25) is 0 Å². The van der Waals surface area contributed by atoms with Crippen LogP contribution in [0.3, 0.4) is 0 Å². The highest BCUT2D eigenvalue weighted by atomic mass is 35.5. The summed E-state index contributed by atoms with van der Waals surface area (Å²) in [6.07, 6.45) is 5.96. The fraction of sp³-hybridized carbons (Fsp3) is 0.412. The number of amides is 1. The van der Waals surface area contributed by atoms with Crippen LogP contribution < -0.4 is 10.2 Å². The van der Waals surface area contributed by atoms with Gasteiger partial charge in [-0.3, -0.25) is 9.48 Å². The van der Waals surface area contributed by atoms with Crippen molar-refractivity contribution >= 4 is 23.2 Å². The first kappa shape index (κ1) is 14.7. The number of halogens is 1. The van der Waals surface area contributed by atoms with Gasteiger partial charge in [-0.1, -0.05) is 17.7 Å². The molecule has 0 spiro atoms. The molecule has 3 heterocycles. The summed E-state index contributed by atoms with van der Waals surface area (Å²) in [5.74, 6) is 0.128. The molecule has 6 heteroatoms. The number of carbonyl (C=O) groups excluding carboxylic acids is 1. The molecule has 120 valence electrons. The summed E-state index contributed by atoms with van der Waals surface area (Å²) in [6.45, 7) is 2.33. The van der Waals surface area contributed by atoms with Crippen molar-refractivity contribution < 1.29 is 4.79 Å². The second-order valence-corrected chi connectivity index (χ2v) is 6.58. The van der Waals surface area contributed by atoms with Crippen molar-refractivity contribution in [3.05, 3.63) is 47.2 Å². The minimum Gasteiger partial charge on any atom is -0.317 e. The average molecular weight is 331 g/mol. The summed E-state index contributed by atoms with van der Waals surface area (Å²) < 4.78 is 1.85. The normalized spacial score (nSPS) is 19.6. The third kappa shape index (κ3) is 2.26. The maximum Gasteiger partial charge on any atom is 0.255 e. The number of piperidine rings is 1. The largest absolute Gasteiger partial charge is 0.317 e. The van der Waals surface area contributed by atoms with Gasteiger partial charge in [-0.2, -0.15) is 5.10 Å². The Morgan fingerprint density at radius 3 is 2.83 bits per heavy atom. The molecule has 2 aliphatic rings. The maximum absolute atomic E-state index is 13.5. The summed E-state index contributed by atoms with van der Waals surface area (Å²) in [4.78, 5) is 15.4. The van der Waals surface area contributed by atoms with Gasteiger partial charge in [-0.25, -0.2) is 0 Å². The third-order valence-corrected chi connectivity index (χ3v) is 5.34. The topological polar surface area (TPSA) is 50.2 Å². The number of hydrogen-bond acceptors (Lipinski definition) is 3. The van der Waals surface area contributed by atoms with Crippen molar-refractivity contribution in [2.75, 3.05) is 24.5 Å². The van der Waals surface area contributed by atoms with E-state index in [1.807, 2.05) is 40.0 Å². The van der Waals surface area contributed by atoms with Crippen molar-refractivity contribution in [2.24, 2.45) is 0 Å². The van der Waals surface area contributed by atoms with Crippen LogP contribution in [0.25, 0.3) is 0 Å². The highest BCUT2D eigenvalue weighted by Gasteiger charge is 2.46. The van der Waals surface area contributed by atoms with E-state index in [0.717, 1.165) is 48.6 Å². The third-order valence-electron chi connectivity index (χ3n) is 4.99. The number of anilines is 1. The van der Waals surface area contributed by atoms with Crippen LogP contribution in [0.1, 0.15) is 18.4 Å². The van der Waals surface area contributed by atoms with E-state index < -0.39 is 5.54 Å². The molecule has 1 fully saturated rings. The van der Waals surface area contributed by atoms with Gasteiger partial charge in [-0.15, -0.1) is 0 Å². The molecule has 0 aliphatic carbocycles. The monoisotopic (exact) mass is 330 g/mol. The molecule has 1 amide bonds. The lowest BCUT2D eigenvalue weighted by atomic mass is 9.86. The first-order chi connectivity index (χ1) is 11.2. The summed E-state index contributed by atoms with van der Waals surface area (Å²) in [5.41, 5.74) is 1.43. The van der Waals surface area contributed by atoms with Gasteiger partial charge in [0.1, 0.15) is 5.54 Å². The number of nitrogens with zero attached hydrogens (tertiary/aromatic N) is 3. The molecule has 0 radical (unpaired) electrons. The smallest absolute Gasteiger partial charge is 0.255 e. The highest BCUT2D eigenvalue weighted by Crippen LogP contribution is 2.38. The zero-order valence-corrected chi connectivity index (χ0v) is 13.6. The van der Waals surface area contributed by atoms with Crippen LogP contribution in [0, 0.1) is 0 Å². The number of benzene rings is 1. The Morgan fingerprint density at radius 2 is 2.09 bits per heavy atom. The van der Waals surface area contributed by atoms with Crippen LogP contribution >= 0.6 is 11.6 Å². The lowest BCUT2D eigenvalue weighted by Crippen LogP contribution is -2.55. The first-order valence-electron chi connectivity index (χ1n) is 8.03. The summed E-state index contributed by atoms with van der Waals surface area (Å²) >= 11 is 6.29. The van der Waals surface area contributed by atoms with Crippen LogP contribution in [-0.2, 0) is 16.8 Å². The molecule has 5 nitrogen and oxygen atoms in total. The minimum atomic E-state index is -0.599. The van der Waals surface area contributed by atoms with E-state index in [1.54, 1.807) is 6.20 Å². The second-order valence-electron chi connectivity index (χ2n) is 6.18. The lowest BCUT2D eigenvalue weighted by molar-refractivity contribution is -0.129. The van der Waals surface area contributed by atoms with E-state index >= 15 is 0 Å². The SMILES string of the molecule is O=C(N1CCc2c(Cl)cccc21)C1(n2cccn2)CCNCC1. The fourth-order valence-corrected chi connectivity index (χ4v) is 4.02. The lowest BCUT2D eigenvalue weighted by Gasteiger charge is -2.39. The molecule has 4 rings (SSSR count). The van der Waals surface area contributed by atoms with E-state index in [1.165, 1.54) is 0 Å². The maximum atomic E-state index is 13.5. The zero-order chi connectivity index (χ0) is 15.9. The zero-order valence-electron chi connectivity index (χ0n) is 12.8. The van der Waals surface area contributed by atoms with E-state index in [9.17, 15) is 4.79 Å². The van der Waals surface area contributed by atoms with Gasteiger partial charge in [0, 0.05) is 29.6 Å². The van der Waals surface area contributed by atoms with E-state index in [0.29, 0.717) is 6.54 Å². The Morgan fingerprint density at radius 1 is 1.26 bits per heavy atom. The molecule has 1 saturated heterocycles. The molecule has 23 heavy (non-hydrogen) atoms. The quantitative estimate of drug-likeness (QED) is 0.918. The molecule has 2 aromatic rings. The van der Waals surface area contributed by atoms with Crippen molar-refractivity contribution in [2.45, 2.75) is 24.8 Å². The summed E-state index contributed by atoms with van der Waals surface area (Å²) in [7, 11) is 0. The number of hydrogen-bond donors (Lipinski definition) is 1. The Balaban J connectivity index is 1.74. The Hall–Kier alpha value is -1.85. The number of fused-ring (bicyclic) bond motifs is 1. The molecule has 0 bridgehead atoms. The first-order valence-corrected chi connectivity index (χ1v) is 8.40. The number of rotatable bonds is 2. The van der Waals surface area contributed by atoms with Crippen LogP contribution in [0.15, 0.2) is 36.7 Å². The molecule has 1 N–H and O–H groups in total. The molecular formula is C17H19ClN4O. The molecule has 1 aromatic heterocycles. The molecule has 0 atom stereocenters. The molecule has 0 saturated carbocycles. The predicted molar refractivity (Wildman–Crippen MR) is 89.8 cm³/mol. The molecule has 0 unspecified atom stereocenters. The van der Waals surface area contributed by atoms with Gasteiger partial charge in [0.05, 0.1) is 0 Å². The molecule has 1 aromatic carbocycles. The minimum absolute atomic E-state index is 0.128. The fourth-order valence-electron chi connectivity index (χ4n) is 3.76. The summed E-state index contributed by atoms with van der Waals surface area (Å²) in [5, 5.41) is 8.48. The van der Waals surface area contributed by atoms with Gasteiger partial charge in [0.15, 0.2) is 0 Å². The van der Waals surface area contributed by atoms with Crippen molar-refractivity contribution in [1.82, 2.24) is 15.1 Å².